The first-order valence-electron chi connectivity index (χ1n) is 5.04. The Labute approximate surface area is 92.8 Å². The van der Waals surface area contributed by atoms with E-state index in [2.05, 4.69) is 16.7 Å². The molecule has 1 N–H and O–H groups in total. The van der Waals surface area contributed by atoms with Crippen molar-refractivity contribution in [3.63, 3.8) is 0 Å². The molecule has 1 aromatic rings. The minimum Gasteiger partial charge on any atom is -0.391 e. The Kier molecular flexibility index (Phi) is 3.84. The summed E-state index contributed by atoms with van der Waals surface area (Å²) >= 11 is 3.73. The Bertz CT molecular complexity index is 281. The maximum absolute atomic E-state index is 8.92. The van der Waals surface area contributed by atoms with Crippen molar-refractivity contribution in [1.29, 1.82) is 0 Å². The molecular formula is C10H15NOS2. The van der Waals surface area contributed by atoms with Crippen molar-refractivity contribution in [3.05, 3.63) is 16.1 Å². The van der Waals surface area contributed by atoms with E-state index in [0.29, 0.717) is 0 Å². The van der Waals surface area contributed by atoms with Crippen molar-refractivity contribution in [2.24, 2.45) is 0 Å². The minimum atomic E-state index is 0.134. The van der Waals surface area contributed by atoms with E-state index >= 15 is 0 Å². The quantitative estimate of drug-likeness (QED) is 0.864. The fraction of sp³-hybridized carbons (Fsp3) is 0.700. The number of hydrogen-bond donors (Lipinski definition) is 1. The standard InChI is InChI=1S/C10H15NOS2/c12-7-9-6-11-10(14-9)5-8-3-1-2-4-13-8/h6,8,12H,1-5,7H2. The lowest BCUT2D eigenvalue weighted by atomic mass is 10.1. The second-order valence-electron chi connectivity index (χ2n) is 3.57. The number of thioether (sulfide) groups is 1. The van der Waals surface area contributed by atoms with Gasteiger partial charge in [0.2, 0.25) is 0 Å². The number of nitrogens with zero attached hydrogens (tertiary/aromatic N) is 1. The molecule has 1 atom stereocenters. The minimum absolute atomic E-state index is 0.134. The van der Waals surface area contributed by atoms with Gasteiger partial charge in [0.25, 0.3) is 0 Å². The van der Waals surface area contributed by atoms with Gasteiger partial charge in [-0.3, -0.25) is 0 Å². The zero-order valence-electron chi connectivity index (χ0n) is 8.11. The molecule has 0 spiro atoms. The molecule has 1 aromatic heterocycles. The molecular weight excluding hydrogens is 214 g/mol. The second kappa shape index (κ2) is 5.14. The van der Waals surface area contributed by atoms with E-state index in [1.807, 2.05) is 0 Å². The number of aromatic nitrogens is 1. The topological polar surface area (TPSA) is 33.1 Å². The molecule has 2 nitrogen and oxygen atoms in total. The van der Waals surface area contributed by atoms with Gasteiger partial charge >= 0.3 is 0 Å². The number of hydrogen-bond acceptors (Lipinski definition) is 4. The van der Waals surface area contributed by atoms with Crippen LogP contribution in [0.4, 0.5) is 0 Å². The van der Waals surface area contributed by atoms with Crippen LogP contribution in [-0.4, -0.2) is 21.1 Å². The number of aliphatic hydroxyl groups excluding tert-OH is 1. The van der Waals surface area contributed by atoms with E-state index in [4.69, 9.17) is 5.11 Å². The third-order valence-corrected chi connectivity index (χ3v) is 4.84. The predicted molar refractivity (Wildman–Crippen MR) is 61.8 cm³/mol. The molecule has 0 saturated carbocycles. The third kappa shape index (κ3) is 2.72. The molecule has 2 heterocycles. The van der Waals surface area contributed by atoms with Gasteiger partial charge in [-0.15, -0.1) is 11.3 Å². The Morgan fingerprint density at radius 3 is 3.07 bits per heavy atom. The highest BCUT2D eigenvalue weighted by molar-refractivity contribution is 7.99. The van der Waals surface area contributed by atoms with Crippen molar-refractivity contribution in [3.8, 4) is 0 Å². The first-order chi connectivity index (χ1) is 6.88. The molecule has 0 radical (unpaired) electrons. The largest absolute Gasteiger partial charge is 0.391 e. The van der Waals surface area contributed by atoms with Crippen molar-refractivity contribution in [2.45, 2.75) is 37.5 Å². The van der Waals surface area contributed by atoms with Gasteiger partial charge in [-0.25, -0.2) is 4.98 Å². The molecule has 2 rings (SSSR count). The Hall–Kier alpha value is -0.0600. The SMILES string of the molecule is OCc1cnc(CC2CCCCS2)s1. The van der Waals surface area contributed by atoms with Gasteiger partial charge in [0.15, 0.2) is 0 Å². The molecule has 1 unspecified atom stereocenters. The van der Waals surface area contributed by atoms with Crippen LogP contribution in [0.1, 0.15) is 29.1 Å². The van der Waals surface area contributed by atoms with E-state index in [-0.39, 0.29) is 6.61 Å². The van der Waals surface area contributed by atoms with Gasteiger partial charge in [0, 0.05) is 17.9 Å². The lowest BCUT2D eigenvalue weighted by molar-refractivity contribution is 0.285. The molecule has 0 bridgehead atoms. The molecule has 1 saturated heterocycles. The fourth-order valence-corrected chi connectivity index (χ4v) is 3.96. The van der Waals surface area contributed by atoms with Crippen molar-refractivity contribution < 1.29 is 5.11 Å². The molecule has 0 amide bonds. The van der Waals surface area contributed by atoms with Crippen LogP contribution >= 0.6 is 23.1 Å². The fourth-order valence-electron chi connectivity index (χ4n) is 1.68. The molecule has 1 aliphatic rings. The normalized spacial score (nSPS) is 22.5. The van der Waals surface area contributed by atoms with Gasteiger partial charge in [-0.05, 0) is 18.6 Å². The first-order valence-corrected chi connectivity index (χ1v) is 6.91. The van der Waals surface area contributed by atoms with Crippen molar-refractivity contribution in [2.75, 3.05) is 5.75 Å². The summed E-state index contributed by atoms with van der Waals surface area (Å²) in [7, 11) is 0. The predicted octanol–water partition coefficient (Wildman–Crippen LogP) is 2.46. The summed E-state index contributed by atoms with van der Waals surface area (Å²) in [5.41, 5.74) is 0. The zero-order valence-corrected chi connectivity index (χ0v) is 9.74. The summed E-state index contributed by atoms with van der Waals surface area (Å²) < 4.78 is 0. The van der Waals surface area contributed by atoms with Crippen LogP contribution in [0.2, 0.25) is 0 Å². The van der Waals surface area contributed by atoms with Crippen LogP contribution in [0.15, 0.2) is 6.20 Å². The number of rotatable bonds is 3. The number of thiazole rings is 1. The second-order valence-corrected chi connectivity index (χ2v) is 6.18. The Balaban J connectivity index is 1.89. The van der Waals surface area contributed by atoms with Crippen LogP contribution in [0.25, 0.3) is 0 Å². The average Bonchev–Trinajstić information content (AvgIpc) is 2.67. The summed E-state index contributed by atoms with van der Waals surface area (Å²) in [6.07, 6.45) is 6.97. The maximum Gasteiger partial charge on any atom is 0.0939 e. The molecule has 1 fully saturated rings. The zero-order chi connectivity index (χ0) is 9.80. The van der Waals surface area contributed by atoms with Crippen LogP contribution in [0.3, 0.4) is 0 Å². The molecule has 14 heavy (non-hydrogen) atoms. The van der Waals surface area contributed by atoms with E-state index < -0.39 is 0 Å². The van der Waals surface area contributed by atoms with Gasteiger partial charge in [0.05, 0.1) is 16.5 Å². The lowest BCUT2D eigenvalue weighted by Gasteiger charge is -2.19. The van der Waals surface area contributed by atoms with E-state index in [9.17, 15) is 0 Å². The van der Waals surface area contributed by atoms with Crippen LogP contribution in [0.5, 0.6) is 0 Å². The highest BCUT2D eigenvalue weighted by atomic mass is 32.2. The summed E-state index contributed by atoms with van der Waals surface area (Å²) in [4.78, 5) is 5.31. The van der Waals surface area contributed by atoms with E-state index in [1.54, 1.807) is 17.5 Å². The van der Waals surface area contributed by atoms with Gasteiger partial charge in [-0.2, -0.15) is 11.8 Å². The summed E-state index contributed by atoms with van der Waals surface area (Å²) in [6, 6.07) is 0. The highest BCUT2D eigenvalue weighted by Crippen LogP contribution is 2.28. The molecule has 1 aliphatic heterocycles. The third-order valence-electron chi connectivity index (χ3n) is 2.43. The van der Waals surface area contributed by atoms with Gasteiger partial charge in [0.1, 0.15) is 0 Å². The van der Waals surface area contributed by atoms with Gasteiger partial charge in [-0.1, -0.05) is 6.42 Å². The summed E-state index contributed by atoms with van der Waals surface area (Å²) in [5, 5.41) is 10.9. The highest BCUT2D eigenvalue weighted by Gasteiger charge is 2.15. The number of aliphatic hydroxyl groups is 1. The average molecular weight is 229 g/mol. The van der Waals surface area contributed by atoms with Crippen molar-refractivity contribution >= 4 is 23.1 Å². The maximum atomic E-state index is 8.92. The Morgan fingerprint density at radius 1 is 1.50 bits per heavy atom. The van der Waals surface area contributed by atoms with Crippen LogP contribution < -0.4 is 0 Å². The van der Waals surface area contributed by atoms with Crippen LogP contribution in [-0.2, 0) is 13.0 Å². The van der Waals surface area contributed by atoms with E-state index in [1.165, 1.54) is 30.0 Å². The van der Waals surface area contributed by atoms with Crippen LogP contribution in [0, 0.1) is 0 Å². The first kappa shape index (κ1) is 10.5. The monoisotopic (exact) mass is 229 g/mol. The molecule has 0 aromatic carbocycles. The van der Waals surface area contributed by atoms with Crippen molar-refractivity contribution in [1.82, 2.24) is 4.98 Å². The Morgan fingerprint density at radius 2 is 2.43 bits per heavy atom. The van der Waals surface area contributed by atoms with Gasteiger partial charge < -0.3 is 5.11 Å². The lowest BCUT2D eigenvalue weighted by Crippen LogP contribution is -2.12. The molecule has 78 valence electrons. The molecule has 0 aliphatic carbocycles. The summed E-state index contributed by atoms with van der Waals surface area (Å²) in [6.45, 7) is 0.134. The summed E-state index contributed by atoms with van der Waals surface area (Å²) in [5.74, 6) is 1.31. The molecule has 4 heteroatoms. The smallest absolute Gasteiger partial charge is 0.0939 e. The van der Waals surface area contributed by atoms with E-state index in [0.717, 1.165) is 16.5 Å².